The second-order valence-corrected chi connectivity index (χ2v) is 6.66. The number of ether oxygens (including phenoxy) is 1. The van der Waals surface area contributed by atoms with Gasteiger partial charge in [0.15, 0.2) is 0 Å². The van der Waals surface area contributed by atoms with Crippen LogP contribution in [0.3, 0.4) is 0 Å². The van der Waals surface area contributed by atoms with Crippen LogP contribution in [0.1, 0.15) is 25.0 Å². The molecule has 0 unspecified atom stereocenters. The number of nitrogens with zero attached hydrogens (tertiary/aromatic N) is 1. The Balaban J connectivity index is 1.81. The number of carbonyl (C=O) groups is 2. The molecule has 0 fully saturated rings. The number of carbonyl (C=O) groups excluding carboxylic acids is 2. The summed E-state index contributed by atoms with van der Waals surface area (Å²) in [5, 5.41) is 6.96. The third kappa shape index (κ3) is 7.11. The molecule has 2 aromatic rings. The van der Waals surface area contributed by atoms with Crippen LogP contribution in [-0.2, 0) is 16.2 Å². The van der Waals surface area contributed by atoms with Crippen LogP contribution in [-0.4, -0.2) is 24.6 Å². The highest BCUT2D eigenvalue weighted by molar-refractivity contribution is 6.35. The number of nitrogens with one attached hydrogen (secondary N) is 2. The summed E-state index contributed by atoms with van der Waals surface area (Å²) in [6.45, 7) is 4.69. The van der Waals surface area contributed by atoms with Gasteiger partial charge in [-0.3, -0.25) is 9.59 Å². The van der Waals surface area contributed by atoms with Gasteiger partial charge in [0.05, 0.1) is 6.21 Å². The van der Waals surface area contributed by atoms with Crippen LogP contribution >= 0.6 is 11.6 Å². The number of benzene rings is 2. The number of hydrogen-bond donors (Lipinski definition) is 2. The van der Waals surface area contributed by atoms with Crippen LogP contribution < -0.4 is 15.5 Å². The first-order valence-electron chi connectivity index (χ1n) is 8.53. The van der Waals surface area contributed by atoms with Crippen molar-refractivity contribution in [3.8, 4) is 5.75 Å². The lowest BCUT2D eigenvalue weighted by Gasteiger charge is -2.08. The second-order valence-electron chi connectivity index (χ2n) is 6.25. The van der Waals surface area contributed by atoms with E-state index in [-0.39, 0.29) is 5.92 Å². The largest absolute Gasteiger partial charge is 0.489 e. The summed E-state index contributed by atoms with van der Waals surface area (Å²) in [4.78, 5) is 23.1. The van der Waals surface area contributed by atoms with Gasteiger partial charge in [0.2, 0.25) is 0 Å². The molecular weight excluding hydrogens is 366 g/mol. The molecule has 0 bridgehead atoms. The molecule has 0 aromatic heterocycles. The average molecular weight is 388 g/mol. The summed E-state index contributed by atoms with van der Waals surface area (Å²) in [5.74, 6) is -0.552. The van der Waals surface area contributed by atoms with Crippen molar-refractivity contribution in [3.05, 3.63) is 64.7 Å². The molecule has 0 aliphatic heterocycles. The van der Waals surface area contributed by atoms with E-state index in [0.717, 1.165) is 11.1 Å². The van der Waals surface area contributed by atoms with Gasteiger partial charge in [0, 0.05) is 17.1 Å². The molecular formula is C20H22ClN3O3. The van der Waals surface area contributed by atoms with Crippen LogP contribution in [0.5, 0.6) is 5.75 Å². The van der Waals surface area contributed by atoms with Crippen LogP contribution in [0.4, 0.5) is 0 Å². The lowest BCUT2D eigenvalue weighted by atomic mass is 10.2. The lowest BCUT2D eigenvalue weighted by molar-refractivity contribution is -0.139. The molecule has 2 aromatic carbocycles. The van der Waals surface area contributed by atoms with Crippen molar-refractivity contribution in [1.82, 2.24) is 10.7 Å². The van der Waals surface area contributed by atoms with Gasteiger partial charge in [-0.05, 0) is 41.8 Å². The highest BCUT2D eigenvalue weighted by Gasteiger charge is 2.12. The Morgan fingerprint density at radius 1 is 1.11 bits per heavy atom. The van der Waals surface area contributed by atoms with Crippen LogP contribution in [0.25, 0.3) is 0 Å². The second kappa shape index (κ2) is 10.3. The molecule has 0 heterocycles. The maximum atomic E-state index is 11.6. The fraction of sp³-hybridized carbons (Fsp3) is 0.250. The highest BCUT2D eigenvalue weighted by Crippen LogP contribution is 2.18. The van der Waals surface area contributed by atoms with Gasteiger partial charge in [-0.15, -0.1) is 0 Å². The van der Waals surface area contributed by atoms with Crippen molar-refractivity contribution in [3.63, 3.8) is 0 Å². The molecule has 0 saturated carbocycles. The molecule has 0 aliphatic rings. The Hall–Kier alpha value is -2.86. The van der Waals surface area contributed by atoms with E-state index >= 15 is 0 Å². The molecule has 0 radical (unpaired) electrons. The fourth-order valence-electron chi connectivity index (χ4n) is 2.02. The van der Waals surface area contributed by atoms with E-state index in [1.165, 1.54) is 6.21 Å². The van der Waals surface area contributed by atoms with Gasteiger partial charge in [0.25, 0.3) is 0 Å². The Bertz CT molecular complexity index is 804. The SMILES string of the molecule is CC(C)CNC(=O)C(=O)N/N=C\c1ccc(OCc2ccccc2Cl)cc1. The molecule has 6 nitrogen and oxygen atoms in total. The number of hydrazone groups is 1. The predicted octanol–water partition coefficient (Wildman–Crippen LogP) is 3.14. The summed E-state index contributed by atoms with van der Waals surface area (Å²) in [7, 11) is 0. The van der Waals surface area contributed by atoms with E-state index in [0.29, 0.717) is 23.9 Å². The zero-order valence-electron chi connectivity index (χ0n) is 15.2. The van der Waals surface area contributed by atoms with E-state index in [1.54, 1.807) is 24.3 Å². The minimum absolute atomic E-state index is 0.268. The number of hydrogen-bond acceptors (Lipinski definition) is 4. The minimum atomic E-state index is -0.799. The molecule has 0 spiro atoms. The van der Waals surface area contributed by atoms with E-state index in [1.807, 2.05) is 38.1 Å². The van der Waals surface area contributed by atoms with Crippen LogP contribution in [0.15, 0.2) is 53.6 Å². The molecule has 7 heteroatoms. The summed E-state index contributed by atoms with van der Waals surface area (Å²) < 4.78 is 5.70. The molecule has 2 amide bonds. The number of rotatable bonds is 7. The van der Waals surface area contributed by atoms with E-state index in [4.69, 9.17) is 16.3 Å². The maximum Gasteiger partial charge on any atom is 0.329 e. The van der Waals surface area contributed by atoms with Gasteiger partial charge in [0.1, 0.15) is 12.4 Å². The molecule has 27 heavy (non-hydrogen) atoms. The molecule has 0 atom stereocenters. The maximum absolute atomic E-state index is 11.6. The summed E-state index contributed by atoms with van der Waals surface area (Å²) in [6.07, 6.45) is 1.45. The zero-order chi connectivity index (χ0) is 19.6. The number of amides is 2. The van der Waals surface area contributed by atoms with Crippen molar-refractivity contribution >= 4 is 29.6 Å². The average Bonchev–Trinajstić information content (AvgIpc) is 2.66. The normalized spacial score (nSPS) is 10.8. The van der Waals surface area contributed by atoms with Crippen LogP contribution in [0.2, 0.25) is 5.02 Å². The third-order valence-electron chi connectivity index (χ3n) is 3.49. The zero-order valence-corrected chi connectivity index (χ0v) is 16.0. The fourth-order valence-corrected chi connectivity index (χ4v) is 2.21. The summed E-state index contributed by atoms with van der Waals surface area (Å²) in [6, 6.07) is 14.6. The first-order valence-corrected chi connectivity index (χ1v) is 8.91. The Morgan fingerprint density at radius 2 is 1.81 bits per heavy atom. The molecule has 0 saturated heterocycles. The van der Waals surface area contributed by atoms with E-state index in [9.17, 15) is 9.59 Å². The van der Waals surface area contributed by atoms with E-state index < -0.39 is 11.8 Å². The minimum Gasteiger partial charge on any atom is -0.489 e. The monoisotopic (exact) mass is 387 g/mol. The standard InChI is InChI=1S/C20H22ClN3O3/c1-14(2)11-22-19(25)20(26)24-23-12-15-7-9-17(10-8-15)27-13-16-5-3-4-6-18(16)21/h3-10,12,14H,11,13H2,1-2H3,(H,22,25)(H,24,26)/b23-12-. The molecule has 142 valence electrons. The van der Waals surface area contributed by atoms with E-state index in [2.05, 4.69) is 15.8 Å². The third-order valence-corrected chi connectivity index (χ3v) is 3.86. The number of halogens is 1. The highest BCUT2D eigenvalue weighted by atomic mass is 35.5. The summed E-state index contributed by atoms with van der Waals surface area (Å²) in [5.41, 5.74) is 3.85. The van der Waals surface area contributed by atoms with Gasteiger partial charge >= 0.3 is 11.8 Å². The topological polar surface area (TPSA) is 79.8 Å². The van der Waals surface area contributed by atoms with Gasteiger partial charge in [-0.1, -0.05) is 43.6 Å². The van der Waals surface area contributed by atoms with Crippen molar-refractivity contribution in [1.29, 1.82) is 0 Å². The molecule has 0 aliphatic carbocycles. The van der Waals surface area contributed by atoms with Gasteiger partial charge < -0.3 is 10.1 Å². The Morgan fingerprint density at radius 3 is 2.48 bits per heavy atom. The van der Waals surface area contributed by atoms with Crippen LogP contribution in [0, 0.1) is 5.92 Å². The first kappa shape index (κ1) is 20.5. The van der Waals surface area contributed by atoms with Crippen molar-refractivity contribution in [2.24, 2.45) is 11.0 Å². The van der Waals surface area contributed by atoms with Gasteiger partial charge in [-0.25, -0.2) is 5.43 Å². The molecule has 2 N–H and O–H groups in total. The Labute approximate surface area is 163 Å². The molecule has 2 rings (SSSR count). The first-order chi connectivity index (χ1) is 13.0. The van der Waals surface area contributed by atoms with Crippen molar-refractivity contribution in [2.75, 3.05) is 6.54 Å². The Kier molecular flexibility index (Phi) is 7.82. The smallest absolute Gasteiger partial charge is 0.329 e. The van der Waals surface area contributed by atoms with Crippen molar-refractivity contribution in [2.45, 2.75) is 20.5 Å². The predicted molar refractivity (Wildman–Crippen MR) is 106 cm³/mol. The quantitative estimate of drug-likeness (QED) is 0.435. The van der Waals surface area contributed by atoms with Crippen molar-refractivity contribution < 1.29 is 14.3 Å². The van der Waals surface area contributed by atoms with Gasteiger partial charge in [-0.2, -0.15) is 5.10 Å². The lowest BCUT2D eigenvalue weighted by Crippen LogP contribution is -2.39. The summed E-state index contributed by atoms with van der Waals surface area (Å²) >= 11 is 6.10.